The van der Waals surface area contributed by atoms with Crippen LogP contribution in [0.15, 0.2) is 24.3 Å². The quantitative estimate of drug-likeness (QED) is 0.822. The molecule has 0 fully saturated rings. The Labute approximate surface area is 114 Å². The van der Waals surface area contributed by atoms with E-state index in [2.05, 4.69) is 18.3 Å². The summed E-state index contributed by atoms with van der Waals surface area (Å²) in [6.45, 7) is 3.98. The summed E-state index contributed by atoms with van der Waals surface area (Å²) in [5.41, 5.74) is 7.40. The topological polar surface area (TPSA) is 78.9 Å². The van der Waals surface area contributed by atoms with Crippen LogP contribution in [-0.2, 0) is 4.79 Å². The number of carbonyl (C=O) groups excluding carboxylic acids is 1. The van der Waals surface area contributed by atoms with E-state index in [-0.39, 0.29) is 11.9 Å². The zero-order chi connectivity index (χ0) is 14.3. The third-order valence-electron chi connectivity index (χ3n) is 3.10. The summed E-state index contributed by atoms with van der Waals surface area (Å²) in [6.07, 6.45) is 2.70. The Balaban J connectivity index is 2.56. The molecule has 1 aromatic rings. The zero-order valence-corrected chi connectivity index (χ0v) is 11.5. The fourth-order valence-corrected chi connectivity index (χ4v) is 1.81. The predicted molar refractivity (Wildman–Crippen MR) is 75.2 cm³/mol. The second-order valence-corrected chi connectivity index (χ2v) is 4.71. The predicted octanol–water partition coefficient (Wildman–Crippen LogP) is 2.25. The number of nitrogens with one attached hydrogen (secondary N) is 1. The lowest BCUT2D eigenvalue weighted by Gasteiger charge is -2.17. The van der Waals surface area contributed by atoms with Gasteiger partial charge in [-0.05, 0) is 31.0 Å². The fourth-order valence-electron chi connectivity index (χ4n) is 1.81. The summed E-state index contributed by atoms with van der Waals surface area (Å²) in [5, 5.41) is 11.6. The third-order valence-corrected chi connectivity index (χ3v) is 3.10. The van der Waals surface area contributed by atoms with Crippen molar-refractivity contribution in [3.05, 3.63) is 35.4 Å². The highest BCUT2D eigenvalue weighted by atomic mass is 16.2. The van der Waals surface area contributed by atoms with Gasteiger partial charge in [-0.3, -0.25) is 4.79 Å². The van der Waals surface area contributed by atoms with Gasteiger partial charge in [-0.1, -0.05) is 31.9 Å². The van der Waals surface area contributed by atoms with Crippen LogP contribution in [0.3, 0.4) is 0 Å². The van der Waals surface area contributed by atoms with E-state index in [0.717, 1.165) is 18.4 Å². The number of nitrogens with zero attached hydrogens (tertiary/aromatic N) is 1. The second kappa shape index (κ2) is 7.55. The van der Waals surface area contributed by atoms with Crippen LogP contribution in [-0.4, -0.2) is 11.9 Å². The Morgan fingerprint density at radius 1 is 1.42 bits per heavy atom. The number of amides is 1. The average Bonchev–Trinajstić information content (AvgIpc) is 2.44. The van der Waals surface area contributed by atoms with Crippen LogP contribution in [0.25, 0.3) is 0 Å². The second-order valence-electron chi connectivity index (χ2n) is 4.71. The Kier molecular flexibility index (Phi) is 6.04. The van der Waals surface area contributed by atoms with E-state index in [1.54, 1.807) is 12.1 Å². The van der Waals surface area contributed by atoms with Crippen molar-refractivity contribution in [3.63, 3.8) is 0 Å². The van der Waals surface area contributed by atoms with E-state index >= 15 is 0 Å². The number of benzene rings is 1. The Hall–Kier alpha value is -1.86. The van der Waals surface area contributed by atoms with Crippen LogP contribution in [0.2, 0.25) is 0 Å². The smallest absolute Gasteiger partial charge is 0.237 e. The molecule has 2 unspecified atom stereocenters. The minimum Gasteiger partial charge on any atom is -0.348 e. The minimum atomic E-state index is -0.444. The van der Waals surface area contributed by atoms with E-state index < -0.39 is 6.04 Å². The zero-order valence-electron chi connectivity index (χ0n) is 11.5. The first-order chi connectivity index (χ1) is 9.08. The molecule has 0 heterocycles. The van der Waals surface area contributed by atoms with Crippen molar-refractivity contribution >= 4 is 5.91 Å². The molecule has 4 nitrogen and oxygen atoms in total. The molecule has 1 rings (SSSR count). The van der Waals surface area contributed by atoms with E-state index in [9.17, 15) is 4.79 Å². The Morgan fingerprint density at radius 2 is 2.05 bits per heavy atom. The third kappa shape index (κ3) is 4.72. The van der Waals surface area contributed by atoms with E-state index in [1.807, 2.05) is 19.1 Å². The molecule has 0 saturated carbocycles. The van der Waals surface area contributed by atoms with Gasteiger partial charge in [0.25, 0.3) is 0 Å². The van der Waals surface area contributed by atoms with E-state index in [0.29, 0.717) is 12.0 Å². The van der Waals surface area contributed by atoms with Gasteiger partial charge in [0.15, 0.2) is 0 Å². The molecule has 0 saturated heterocycles. The molecule has 0 aliphatic heterocycles. The van der Waals surface area contributed by atoms with Crippen molar-refractivity contribution in [3.8, 4) is 6.07 Å². The number of hydrogen-bond donors (Lipinski definition) is 2. The van der Waals surface area contributed by atoms with Gasteiger partial charge in [-0.25, -0.2) is 0 Å². The number of nitriles is 1. The maximum Gasteiger partial charge on any atom is 0.237 e. The highest BCUT2D eigenvalue weighted by Crippen LogP contribution is 2.13. The number of carbonyl (C=O) groups is 1. The van der Waals surface area contributed by atoms with Crippen molar-refractivity contribution in [1.82, 2.24) is 5.32 Å². The Bertz CT molecular complexity index is 447. The lowest BCUT2D eigenvalue weighted by Crippen LogP contribution is -2.41. The molecule has 1 amide bonds. The van der Waals surface area contributed by atoms with Gasteiger partial charge in [-0.2, -0.15) is 5.26 Å². The number of unbranched alkanes of at least 4 members (excludes halogenated alkanes) is 1. The lowest BCUT2D eigenvalue weighted by atomic mass is 10.1. The monoisotopic (exact) mass is 259 g/mol. The standard InChI is InChI=1S/C15H21N3O/c1-3-4-5-14(17)15(19)18-11(2)13-8-6-12(10-16)7-9-13/h6-9,11,14H,3-5,17H2,1-2H3,(H,18,19). The first-order valence-electron chi connectivity index (χ1n) is 6.64. The summed E-state index contributed by atoms with van der Waals surface area (Å²) in [5.74, 6) is -0.120. The van der Waals surface area contributed by atoms with Crippen LogP contribution in [0, 0.1) is 11.3 Å². The largest absolute Gasteiger partial charge is 0.348 e. The van der Waals surface area contributed by atoms with Crippen molar-refractivity contribution in [1.29, 1.82) is 5.26 Å². The maximum atomic E-state index is 11.9. The van der Waals surface area contributed by atoms with Crippen molar-refractivity contribution < 1.29 is 4.79 Å². The van der Waals surface area contributed by atoms with Crippen LogP contribution < -0.4 is 11.1 Å². The molecular weight excluding hydrogens is 238 g/mol. The molecule has 0 radical (unpaired) electrons. The molecule has 0 aromatic heterocycles. The summed E-state index contributed by atoms with van der Waals surface area (Å²) >= 11 is 0. The van der Waals surface area contributed by atoms with Gasteiger partial charge in [0.05, 0.1) is 23.7 Å². The molecule has 0 spiro atoms. The highest BCUT2D eigenvalue weighted by Gasteiger charge is 2.15. The van der Waals surface area contributed by atoms with Gasteiger partial charge in [0.1, 0.15) is 0 Å². The molecule has 0 aliphatic rings. The molecule has 1 aromatic carbocycles. The molecule has 2 atom stereocenters. The van der Waals surface area contributed by atoms with Crippen molar-refractivity contribution in [2.75, 3.05) is 0 Å². The number of rotatable bonds is 6. The fraction of sp³-hybridized carbons (Fsp3) is 0.467. The number of hydrogen-bond acceptors (Lipinski definition) is 3. The van der Waals surface area contributed by atoms with E-state index in [4.69, 9.17) is 11.0 Å². The first kappa shape index (κ1) is 15.2. The summed E-state index contributed by atoms with van der Waals surface area (Å²) in [7, 11) is 0. The maximum absolute atomic E-state index is 11.9. The van der Waals surface area contributed by atoms with Gasteiger partial charge >= 0.3 is 0 Å². The van der Waals surface area contributed by atoms with E-state index in [1.165, 1.54) is 0 Å². The molecular formula is C15H21N3O. The summed E-state index contributed by atoms with van der Waals surface area (Å²) < 4.78 is 0. The first-order valence-corrected chi connectivity index (χ1v) is 6.64. The van der Waals surface area contributed by atoms with Gasteiger partial charge < -0.3 is 11.1 Å². The molecule has 4 heteroatoms. The highest BCUT2D eigenvalue weighted by molar-refractivity contribution is 5.81. The molecule has 3 N–H and O–H groups in total. The molecule has 19 heavy (non-hydrogen) atoms. The summed E-state index contributed by atoms with van der Waals surface area (Å²) in [4.78, 5) is 11.9. The van der Waals surface area contributed by atoms with Crippen LogP contribution in [0.5, 0.6) is 0 Å². The van der Waals surface area contributed by atoms with Crippen LogP contribution in [0.4, 0.5) is 0 Å². The molecule has 102 valence electrons. The minimum absolute atomic E-state index is 0.104. The van der Waals surface area contributed by atoms with Gasteiger partial charge in [0.2, 0.25) is 5.91 Å². The summed E-state index contributed by atoms with van der Waals surface area (Å²) in [6, 6.07) is 8.71. The Morgan fingerprint density at radius 3 is 2.58 bits per heavy atom. The van der Waals surface area contributed by atoms with Crippen LogP contribution in [0.1, 0.15) is 50.3 Å². The van der Waals surface area contributed by atoms with Gasteiger partial charge in [0, 0.05) is 0 Å². The molecule has 0 bridgehead atoms. The van der Waals surface area contributed by atoms with Crippen molar-refractivity contribution in [2.24, 2.45) is 5.73 Å². The normalized spacial score (nSPS) is 13.4. The SMILES string of the molecule is CCCCC(N)C(=O)NC(C)c1ccc(C#N)cc1. The van der Waals surface area contributed by atoms with Gasteiger partial charge in [-0.15, -0.1) is 0 Å². The number of nitrogens with two attached hydrogens (primary N) is 1. The van der Waals surface area contributed by atoms with Crippen LogP contribution >= 0.6 is 0 Å². The molecule has 0 aliphatic carbocycles. The lowest BCUT2D eigenvalue weighted by molar-refractivity contribution is -0.123. The average molecular weight is 259 g/mol. The van der Waals surface area contributed by atoms with Crippen molar-refractivity contribution in [2.45, 2.75) is 45.2 Å².